The second-order valence-corrected chi connectivity index (χ2v) is 4.78. The Morgan fingerprint density at radius 2 is 2.00 bits per heavy atom. The zero-order valence-corrected chi connectivity index (χ0v) is 10.7. The fraction of sp³-hybridized carbons (Fsp3) is 0.250. The Balaban J connectivity index is 1.89. The summed E-state index contributed by atoms with van der Waals surface area (Å²) in [5.41, 5.74) is 1.95. The Morgan fingerprint density at radius 1 is 1.16 bits per heavy atom. The first-order chi connectivity index (χ1) is 9.38. The highest BCUT2D eigenvalue weighted by Gasteiger charge is 2.26. The van der Waals surface area contributed by atoms with E-state index in [9.17, 15) is 0 Å². The van der Waals surface area contributed by atoms with Crippen LogP contribution in [-0.2, 0) is 0 Å². The van der Waals surface area contributed by atoms with Crippen molar-refractivity contribution in [2.75, 3.05) is 11.4 Å². The maximum Gasteiger partial charge on any atom is 0.129 e. The first-order valence-electron chi connectivity index (χ1n) is 6.56. The van der Waals surface area contributed by atoms with Crippen LogP contribution in [0.3, 0.4) is 0 Å². The number of anilines is 1. The summed E-state index contributed by atoms with van der Waals surface area (Å²) in [6, 6.07) is 16.8. The van der Waals surface area contributed by atoms with Gasteiger partial charge in [-0.2, -0.15) is 5.26 Å². The molecule has 1 aromatic heterocycles. The average Bonchev–Trinajstić information content (AvgIpc) is 2.98. The number of rotatable bonds is 2. The molecule has 3 nitrogen and oxygen atoms in total. The molecule has 0 radical (unpaired) electrons. The molecule has 1 aliphatic rings. The van der Waals surface area contributed by atoms with Crippen molar-refractivity contribution >= 4 is 5.82 Å². The van der Waals surface area contributed by atoms with Crippen molar-refractivity contribution in [1.82, 2.24) is 4.98 Å². The number of hydrogen-bond acceptors (Lipinski definition) is 3. The lowest BCUT2D eigenvalue weighted by Crippen LogP contribution is -2.23. The summed E-state index contributed by atoms with van der Waals surface area (Å²) in [5.74, 6) is 0.963. The summed E-state index contributed by atoms with van der Waals surface area (Å²) >= 11 is 0. The van der Waals surface area contributed by atoms with Crippen molar-refractivity contribution < 1.29 is 0 Å². The summed E-state index contributed by atoms with van der Waals surface area (Å²) in [5, 5.41) is 8.82. The third kappa shape index (κ3) is 2.30. The topological polar surface area (TPSA) is 39.9 Å². The van der Waals surface area contributed by atoms with Gasteiger partial charge in [-0.3, -0.25) is 0 Å². The third-order valence-corrected chi connectivity index (χ3v) is 3.61. The van der Waals surface area contributed by atoms with Crippen LogP contribution in [0.4, 0.5) is 5.82 Å². The quantitative estimate of drug-likeness (QED) is 0.820. The molecule has 1 fully saturated rings. The predicted octanol–water partition coefficient (Wildman–Crippen LogP) is 3.29. The van der Waals surface area contributed by atoms with Gasteiger partial charge in [-0.1, -0.05) is 30.3 Å². The smallest absolute Gasteiger partial charge is 0.129 e. The average molecular weight is 249 g/mol. The third-order valence-electron chi connectivity index (χ3n) is 3.61. The van der Waals surface area contributed by atoms with E-state index in [1.807, 2.05) is 18.2 Å². The van der Waals surface area contributed by atoms with E-state index >= 15 is 0 Å². The molecule has 2 aromatic rings. The van der Waals surface area contributed by atoms with E-state index < -0.39 is 0 Å². The lowest BCUT2D eigenvalue weighted by molar-refractivity contribution is 0.711. The standard InChI is InChI=1S/C16H15N3/c17-11-13-8-9-16(18-12-13)19-10-4-7-15(19)14-5-2-1-3-6-14/h1-3,5-6,8-9,12,15H,4,7,10H2. The molecule has 1 aliphatic heterocycles. The van der Waals surface area contributed by atoms with Crippen LogP contribution in [0.25, 0.3) is 0 Å². The fourth-order valence-electron chi connectivity index (χ4n) is 2.68. The van der Waals surface area contributed by atoms with Crippen molar-refractivity contribution in [2.24, 2.45) is 0 Å². The van der Waals surface area contributed by atoms with Gasteiger partial charge in [0.2, 0.25) is 0 Å². The Morgan fingerprint density at radius 3 is 2.68 bits per heavy atom. The second kappa shape index (κ2) is 5.11. The molecule has 1 atom stereocenters. The summed E-state index contributed by atoms with van der Waals surface area (Å²) in [7, 11) is 0. The number of pyridine rings is 1. The van der Waals surface area contributed by atoms with Crippen molar-refractivity contribution in [2.45, 2.75) is 18.9 Å². The van der Waals surface area contributed by atoms with Crippen molar-refractivity contribution in [3.63, 3.8) is 0 Å². The maximum atomic E-state index is 8.82. The van der Waals surface area contributed by atoms with Crippen LogP contribution in [0.15, 0.2) is 48.7 Å². The van der Waals surface area contributed by atoms with Crippen LogP contribution in [0, 0.1) is 11.3 Å². The maximum absolute atomic E-state index is 8.82. The highest BCUT2D eigenvalue weighted by molar-refractivity contribution is 5.46. The second-order valence-electron chi connectivity index (χ2n) is 4.78. The van der Waals surface area contributed by atoms with Gasteiger partial charge >= 0.3 is 0 Å². The van der Waals surface area contributed by atoms with Crippen molar-refractivity contribution in [3.05, 3.63) is 59.8 Å². The molecule has 3 heteroatoms. The van der Waals surface area contributed by atoms with Crippen LogP contribution in [0.1, 0.15) is 30.0 Å². The molecule has 3 rings (SSSR count). The molecule has 19 heavy (non-hydrogen) atoms. The minimum atomic E-state index is 0.404. The normalized spacial score (nSPS) is 18.3. The number of nitriles is 1. The largest absolute Gasteiger partial charge is 0.350 e. The van der Waals surface area contributed by atoms with E-state index in [4.69, 9.17) is 5.26 Å². The SMILES string of the molecule is N#Cc1ccc(N2CCCC2c2ccccc2)nc1. The van der Waals surface area contributed by atoms with Gasteiger partial charge < -0.3 is 4.90 Å². The Hall–Kier alpha value is -2.34. The van der Waals surface area contributed by atoms with Crippen LogP contribution in [0.5, 0.6) is 0 Å². The highest BCUT2D eigenvalue weighted by Crippen LogP contribution is 2.34. The molecule has 0 spiro atoms. The lowest BCUT2D eigenvalue weighted by Gasteiger charge is -2.26. The molecule has 94 valence electrons. The summed E-state index contributed by atoms with van der Waals surface area (Å²) in [6.07, 6.45) is 3.99. The molecule has 0 saturated carbocycles. The molecular weight excluding hydrogens is 234 g/mol. The zero-order chi connectivity index (χ0) is 13.1. The molecule has 0 N–H and O–H groups in total. The number of hydrogen-bond donors (Lipinski definition) is 0. The lowest BCUT2D eigenvalue weighted by atomic mass is 10.0. The Kier molecular flexibility index (Phi) is 3.16. The molecule has 1 unspecified atom stereocenters. The molecule has 1 saturated heterocycles. The zero-order valence-electron chi connectivity index (χ0n) is 10.7. The van der Waals surface area contributed by atoms with Crippen LogP contribution >= 0.6 is 0 Å². The van der Waals surface area contributed by atoms with E-state index in [0.29, 0.717) is 11.6 Å². The first-order valence-corrected chi connectivity index (χ1v) is 6.56. The van der Waals surface area contributed by atoms with Gasteiger partial charge in [0.1, 0.15) is 11.9 Å². The van der Waals surface area contributed by atoms with Crippen molar-refractivity contribution in [1.29, 1.82) is 5.26 Å². The van der Waals surface area contributed by atoms with Crippen LogP contribution in [0.2, 0.25) is 0 Å². The van der Waals surface area contributed by atoms with E-state index in [2.05, 4.69) is 40.2 Å². The van der Waals surface area contributed by atoms with E-state index in [1.54, 1.807) is 6.20 Å². The highest BCUT2D eigenvalue weighted by atomic mass is 15.2. The number of aromatic nitrogens is 1. The molecular formula is C16H15N3. The van der Waals surface area contributed by atoms with Gasteiger partial charge in [0.15, 0.2) is 0 Å². The molecule has 0 amide bonds. The van der Waals surface area contributed by atoms with E-state index in [1.165, 1.54) is 12.0 Å². The minimum Gasteiger partial charge on any atom is -0.350 e. The monoisotopic (exact) mass is 249 g/mol. The van der Waals surface area contributed by atoms with Gasteiger partial charge in [0, 0.05) is 12.7 Å². The van der Waals surface area contributed by atoms with E-state index in [-0.39, 0.29) is 0 Å². The van der Waals surface area contributed by atoms with Crippen molar-refractivity contribution in [3.8, 4) is 6.07 Å². The first kappa shape index (κ1) is 11.7. The van der Waals surface area contributed by atoms with Gasteiger partial charge in [-0.05, 0) is 30.5 Å². The summed E-state index contributed by atoms with van der Waals surface area (Å²) in [6.45, 7) is 1.03. The molecule has 2 heterocycles. The molecule has 1 aromatic carbocycles. The van der Waals surface area contributed by atoms with Crippen LogP contribution < -0.4 is 4.90 Å². The molecule has 0 bridgehead atoms. The molecule has 0 aliphatic carbocycles. The predicted molar refractivity (Wildman–Crippen MR) is 74.7 cm³/mol. The summed E-state index contributed by atoms with van der Waals surface area (Å²) < 4.78 is 0. The van der Waals surface area contributed by atoms with Gasteiger partial charge in [-0.25, -0.2) is 4.98 Å². The summed E-state index contributed by atoms with van der Waals surface area (Å²) in [4.78, 5) is 6.74. The van der Waals surface area contributed by atoms with Gasteiger partial charge in [0.05, 0.1) is 11.6 Å². The Bertz CT molecular complexity index is 584. The fourth-order valence-corrected chi connectivity index (χ4v) is 2.68. The number of nitrogens with zero attached hydrogens (tertiary/aromatic N) is 3. The van der Waals surface area contributed by atoms with Crippen LogP contribution in [-0.4, -0.2) is 11.5 Å². The number of benzene rings is 1. The minimum absolute atomic E-state index is 0.404. The Labute approximate surface area is 113 Å². The van der Waals surface area contributed by atoms with Gasteiger partial charge in [-0.15, -0.1) is 0 Å². The van der Waals surface area contributed by atoms with Gasteiger partial charge in [0.25, 0.3) is 0 Å². The van der Waals surface area contributed by atoms with E-state index in [0.717, 1.165) is 18.8 Å².